The second-order valence-corrected chi connectivity index (χ2v) is 6.17. The maximum Gasteiger partial charge on any atom is 0.326 e. The minimum Gasteiger partial charge on any atom is -0.480 e. The molecular formula is C17H23FN2O3. The number of aliphatic carboxylic acids is 1. The Balaban J connectivity index is 1.97. The molecule has 0 aliphatic carbocycles. The molecule has 0 unspecified atom stereocenters. The molecule has 0 saturated carbocycles. The number of hydrogen-bond acceptors (Lipinski definition) is 3. The Labute approximate surface area is 135 Å². The van der Waals surface area contributed by atoms with Gasteiger partial charge in [0, 0.05) is 20.1 Å². The summed E-state index contributed by atoms with van der Waals surface area (Å²) in [5, 5.41) is 9.03. The first-order valence-electron chi connectivity index (χ1n) is 7.84. The largest absolute Gasteiger partial charge is 0.480 e. The van der Waals surface area contributed by atoms with Gasteiger partial charge in [-0.25, -0.2) is 9.18 Å². The zero-order chi connectivity index (χ0) is 17.0. The van der Waals surface area contributed by atoms with E-state index in [2.05, 4.69) is 4.90 Å². The predicted octanol–water partition coefficient (Wildman–Crippen LogP) is 1.97. The van der Waals surface area contributed by atoms with Crippen molar-refractivity contribution in [2.24, 2.45) is 5.92 Å². The number of carbonyl (C=O) groups is 2. The molecule has 0 aromatic heterocycles. The van der Waals surface area contributed by atoms with Gasteiger partial charge < -0.3 is 10.0 Å². The van der Waals surface area contributed by atoms with Crippen LogP contribution in [0.25, 0.3) is 0 Å². The van der Waals surface area contributed by atoms with E-state index in [0.717, 1.165) is 24.9 Å². The minimum absolute atomic E-state index is 0.135. The summed E-state index contributed by atoms with van der Waals surface area (Å²) >= 11 is 0. The van der Waals surface area contributed by atoms with Crippen molar-refractivity contribution < 1.29 is 19.1 Å². The van der Waals surface area contributed by atoms with Crippen LogP contribution in [-0.4, -0.2) is 53.0 Å². The van der Waals surface area contributed by atoms with Crippen molar-refractivity contribution in [2.75, 3.05) is 20.1 Å². The Morgan fingerprint density at radius 2 is 2.22 bits per heavy atom. The Kier molecular flexibility index (Phi) is 5.71. The SMILES string of the molecule is C[C@H](C(=O)O)N(C)C(=O)[C@H]1CCCN(Cc2cccc(F)c2)C1. The van der Waals surface area contributed by atoms with Gasteiger partial charge in [0.2, 0.25) is 5.91 Å². The number of carbonyl (C=O) groups excluding carboxylic acids is 1. The summed E-state index contributed by atoms with van der Waals surface area (Å²) in [7, 11) is 1.53. The molecule has 1 N–H and O–H groups in total. The summed E-state index contributed by atoms with van der Waals surface area (Å²) in [6, 6.07) is 5.63. The van der Waals surface area contributed by atoms with Crippen LogP contribution in [0, 0.1) is 11.7 Å². The molecule has 1 aliphatic rings. The second-order valence-electron chi connectivity index (χ2n) is 6.17. The number of likely N-dealkylation sites (N-methyl/N-ethyl adjacent to an activating group) is 1. The van der Waals surface area contributed by atoms with Crippen molar-refractivity contribution in [3.63, 3.8) is 0 Å². The van der Waals surface area contributed by atoms with Crippen LogP contribution < -0.4 is 0 Å². The van der Waals surface area contributed by atoms with Gasteiger partial charge in [-0.2, -0.15) is 0 Å². The van der Waals surface area contributed by atoms with Gasteiger partial charge in [0.05, 0.1) is 5.92 Å². The molecule has 5 nitrogen and oxygen atoms in total. The van der Waals surface area contributed by atoms with Crippen molar-refractivity contribution in [3.05, 3.63) is 35.6 Å². The van der Waals surface area contributed by atoms with Crippen molar-refractivity contribution in [2.45, 2.75) is 32.4 Å². The molecule has 1 saturated heterocycles. The van der Waals surface area contributed by atoms with E-state index in [9.17, 15) is 14.0 Å². The van der Waals surface area contributed by atoms with Gasteiger partial charge >= 0.3 is 5.97 Å². The van der Waals surface area contributed by atoms with Crippen molar-refractivity contribution in [1.82, 2.24) is 9.80 Å². The topological polar surface area (TPSA) is 60.9 Å². The molecule has 6 heteroatoms. The van der Waals surface area contributed by atoms with E-state index >= 15 is 0 Å². The molecule has 1 aliphatic heterocycles. The highest BCUT2D eigenvalue weighted by Gasteiger charge is 2.31. The Morgan fingerprint density at radius 1 is 1.48 bits per heavy atom. The molecule has 0 radical (unpaired) electrons. The normalized spacial score (nSPS) is 20.0. The molecule has 1 fully saturated rings. The highest BCUT2D eigenvalue weighted by atomic mass is 19.1. The van der Waals surface area contributed by atoms with E-state index in [4.69, 9.17) is 5.11 Å². The van der Waals surface area contributed by atoms with Crippen LogP contribution in [0.15, 0.2) is 24.3 Å². The number of likely N-dealkylation sites (tertiary alicyclic amines) is 1. The molecule has 126 valence electrons. The molecule has 0 spiro atoms. The Morgan fingerprint density at radius 3 is 2.87 bits per heavy atom. The highest BCUT2D eigenvalue weighted by molar-refractivity contribution is 5.84. The van der Waals surface area contributed by atoms with Gasteiger partial charge in [0.15, 0.2) is 0 Å². The first-order chi connectivity index (χ1) is 10.9. The van der Waals surface area contributed by atoms with Gasteiger partial charge in [-0.3, -0.25) is 9.69 Å². The fraction of sp³-hybridized carbons (Fsp3) is 0.529. The van der Waals surface area contributed by atoms with Crippen LogP contribution in [0.3, 0.4) is 0 Å². The molecule has 1 amide bonds. The Hall–Kier alpha value is -1.95. The fourth-order valence-electron chi connectivity index (χ4n) is 2.94. The van der Waals surface area contributed by atoms with E-state index in [0.29, 0.717) is 13.1 Å². The summed E-state index contributed by atoms with van der Waals surface area (Å²) in [5.74, 6) is -1.61. The van der Waals surface area contributed by atoms with Gasteiger partial charge in [-0.1, -0.05) is 12.1 Å². The number of piperidine rings is 1. The molecular weight excluding hydrogens is 299 g/mol. The predicted molar refractivity (Wildman–Crippen MR) is 84.3 cm³/mol. The number of carboxylic acids is 1. The number of halogens is 1. The van der Waals surface area contributed by atoms with Crippen LogP contribution in [0.5, 0.6) is 0 Å². The molecule has 1 aromatic carbocycles. The number of rotatable bonds is 5. The summed E-state index contributed by atoms with van der Waals surface area (Å²) in [6.45, 7) is 3.54. The summed E-state index contributed by atoms with van der Waals surface area (Å²) < 4.78 is 13.3. The van der Waals surface area contributed by atoms with Gasteiger partial charge in [-0.05, 0) is 44.0 Å². The first-order valence-corrected chi connectivity index (χ1v) is 7.84. The summed E-state index contributed by atoms with van der Waals surface area (Å²) in [6.07, 6.45) is 1.64. The zero-order valence-electron chi connectivity index (χ0n) is 13.5. The summed E-state index contributed by atoms with van der Waals surface area (Å²) in [5.41, 5.74) is 0.880. The van der Waals surface area contributed by atoms with Crippen LogP contribution in [0.2, 0.25) is 0 Å². The third-order valence-corrected chi connectivity index (χ3v) is 4.44. The van der Waals surface area contributed by atoms with Crippen molar-refractivity contribution in [1.29, 1.82) is 0 Å². The standard InChI is InChI=1S/C17H23FN2O3/c1-12(17(22)23)19(2)16(21)14-6-4-8-20(11-14)10-13-5-3-7-15(18)9-13/h3,5,7,9,12,14H,4,6,8,10-11H2,1-2H3,(H,22,23)/t12-,14+/m1/s1. The van der Waals surface area contributed by atoms with Crippen LogP contribution >= 0.6 is 0 Å². The van der Waals surface area contributed by atoms with Crippen molar-refractivity contribution in [3.8, 4) is 0 Å². The molecule has 0 bridgehead atoms. The molecule has 2 atom stereocenters. The maximum atomic E-state index is 13.3. The number of benzene rings is 1. The van der Waals surface area contributed by atoms with Gasteiger partial charge in [-0.15, -0.1) is 0 Å². The lowest BCUT2D eigenvalue weighted by atomic mass is 9.95. The van der Waals surface area contributed by atoms with Crippen LogP contribution in [-0.2, 0) is 16.1 Å². The third kappa shape index (κ3) is 4.51. The quantitative estimate of drug-likeness (QED) is 0.900. The van der Waals surface area contributed by atoms with Crippen molar-refractivity contribution >= 4 is 11.9 Å². The number of nitrogens with zero attached hydrogens (tertiary/aromatic N) is 2. The minimum atomic E-state index is -1.01. The first kappa shape index (κ1) is 17.4. The zero-order valence-corrected chi connectivity index (χ0v) is 13.5. The van der Waals surface area contributed by atoms with E-state index in [1.165, 1.54) is 31.0 Å². The fourth-order valence-corrected chi connectivity index (χ4v) is 2.94. The lowest BCUT2D eigenvalue weighted by molar-refractivity contribution is -0.150. The average Bonchev–Trinajstić information content (AvgIpc) is 2.53. The molecule has 2 rings (SSSR count). The second kappa shape index (κ2) is 7.55. The molecule has 1 heterocycles. The van der Waals surface area contributed by atoms with E-state index in [1.54, 1.807) is 6.07 Å². The van der Waals surface area contributed by atoms with E-state index in [-0.39, 0.29) is 17.6 Å². The highest BCUT2D eigenvalue weighted by Crippen LogP contribution is 2.21. The third-order valence-electron chi connectivity index (χ3n) is 4.44. The average molecular weight is 322 g/mol. The number of carboxylic acid groups (broad SMARTS) is 1. The van der Waals surface area contributed by atoms with Gasteiger partial charge in [0.1, 0.15) is 11.9 Å². The monoisotopic (exact) mass is 322 g/mol. The smallest absolute Gasteiger partial charge is 0.326 e. The lowest BCUT2D eigenvalue weighted by Gasteiger charge is -2.34. The number of hydrogen-bond donors (Lipinski definition) is 1. The molecule has 1 aromatic rings. The van der Waals surface area contributed by atoms with Crippen LogP contribution in [0.1, 0.15) is 25.3 Å². The van der Waals surface area contributed by atoms with Crippen LogP contribution in [0.4, 0.5) is 4.39 Å². The lowest BCUT2D eigenvalue weighted by Crippen LogP contribution is -2.47. The van der Waals surface area contributed by atoms with Gasteiger partial charge in [0.25, 0.3) is 0 Å². The van der Waals surface area contributed by atoms with E-state index in [1.807, 2.05) is 6.07 Å². The number of amides is 1. The maximum absolute atomic E-state index is 13.3. The van der Waals surface area contributed by atoms with E-state index < -0.39 is 12.0 Å². The molecule has 23 heavy (non-hydrogen) atoms. The Bertz CT molecular complexity index is 579. The summed E-state index contributed by atoms with van der Waals surface area (Å²) in [4.78, 5) is 26.9.